The maximum absolute atomic E-state index is 13.0. The van der Waals surface area contributed by atoms with Gasteiger partial charge in [0.1, 0.15) is 18.3 Å². The van der Waals surface area contributed by atoms with Crippen LogP contribution in [0.5, 0.6) is 0 Å². The van der Waals surface area contributed by atoms with Gasteiger partial charge in [-0.05, 0) is 36.2 Å². The van der Waals surface area contributed by atoms with Crippen molar-refractivity contribution in [2.24, 2.45) is 5.73 Å². The molecule has 0 aliphatic carbocycles. The van der Waals surface area contributed by atoms with E-state index in [2.05, 4.69) is 16.0 Å². The fourth-order valence-corrected chi connectivity index (χ4v) is 4.46. The zero-order valence-corrected chi connectivity index (χ0v) is 18.4. The number of aldehydes is 1. The largest absolute Gasteiger partial charge is 0.416 e. The number of halogens is 3. The Labute approximate surface area is 191 Å². The lowest BCUT2D eigenvalue weighted by molar-refractivity contribution is -0.137. The van der Waals surface area contributed by atoms with Crippen molar-refractivity contribution >= 4 is 33.6 Å². The predicted molar refractivity (Wildman–Crippen MR) is 122 cm³/mol. The highest BCUT2D eigenvalue weighted by atomic mass is 32.1. The number of hydrogen-bond acceptors (Lipinski definition) is 5. The third-order valence-corrected chi connectivity index (χ3v) is 5.82. The van der Waals surface area contributed by atoms with Crippen molar-refractivity contribution < 1.29 is 22.8 Å². The highest BCUT2D eigenvalue weighted by molar-refractivity contribution is 7.19. The third-order valence-electron chi connectivity index (χ3n) is 4.65. The Bertz CT molecular complexity index is 1260. The average Bonchev–Trinajstić information content (AvgIpc) is 3.45. The number of benzene rings is 2. The fraction of sp³-hybridized carbons (Fsp3) is 0.174. The number of hydrogen-bond donors (Lipinski definition) is 2. The van der Waals surface area contributed by atoms with Gasteiger partial charge < -0.3 is 20.4 Å². The molecule has 0 atom stereocenters. The molecule has 0 saturated carbocycles. The third kappa shape index (κ3) is 5.65. The second-order valence-corrected chi connectivity index (χ2v) is 7.96. The van der Waals surface area contributed by atoms with E-state index < -0.39 is 17.6 Å². The lowest BCUT2D eigenvalue weighted by atomic mass is 10.1. The summed E-state index contributed by atoms with van der Waals surface area (Å²) in [5, 5.41) is 3.39. The van der Waals surface area contributed by atoms with Crippen molar-refractivity contribution in [2.45, 2.75) is 12.6 Å². The Kier molecular flexibility index (Phi) is 7.62. The van der Waals surface area contributed by atoms with E-state index in [4.69, 9.17) is 0 Å². The van der Waals surface area contributed by atoms with Crippen LogP contribution in [0.2, 0.25) is 0 Å². The van der Waals surface area contributed by atoms with Crippen molar-refractivity contribution in [2.75, 3.05) is 13.6 Å². The molecule has 2 heterocycles. The Morgan fingerprint density at radius 1 is 1.18 bits per heavy atom. The minimum Gasteiger partial charge on any atom is -0.344 e. The van der Waals surface area contributed by atoms with Gasteiger partial charge in [0.2, 0.25) is 0 Å². The molecular formula is C23H21F3N4O2S. The van der Waals surface area contributed by atoms with Crippen LogP contribution >= 0.6 is 11.3 Å². The van der Waals surface area contributed by atoms with Crippen molar-refractivity contribution in [3.63, 3.8) is 0 Å². The van der Waals surface area contributed by atoms with Crippen molar-refractivity contribution in [1.29, 1.82) is 0 Å². The first-order valence-electron chi connectivity index (χ1n) is 9.86. The van der Waals surface area contributed by atoms with Gasteiger partial charge in [-0.25, -0.2) is 4.98 Å². The Hall–Kier alpha value is -3.50. The van der Waals surface area contributed by atoms with Gasteiger partial charge >= 0.3 is 6.18 Å². The molecule has 0 fully saturated rings. The summed E-state index contributed by atoms with van der Waals surface area (Å²) in [5.74, 6) is -0.450. The number of nitrogens with zero attached hydrogens (tertiary/aromatic N) is 2. The number of thiophene rings is 1. The topological polar surface area (TPSA) is 90.0 Å². The van der Waals surface area contributed by atoms with Crippen LogP contribution in [0.25, 0.3) is 15.8 Å². The summed E-state index contributed by atoms with van der Waals surface area (Å²) in [6.45, 7) is -0.0922. The minimum atomic E-state index is -4.37. The SMILES string of the molecule is CN.O=CCNC(=O)c1cn(-c2cccc3cc(Cc4cccc(C(F)(F)F)c4)sc23)cn1. The molecule has 172 valence electrons. The molecular weight excluding hydrogens is 453 g/mol. The Morgan fingerprint density at radius 3 is 2.67 bits per heavy atom. The van der Waals surface area contributed by atoms with Crippen molar-refractivity contribution in [3.8, 4) is 5.69 Å². The Morgan fingerprint density at radius 2 is 1.94 bits per heavy atom. The first-order valence-corrected chi connectivity index (χ1v) is 10.7. The van der Waals surface area contributed by atoms with Gasteiger partial charge in [-0.3, -0.25) is 4.79 Å². The summed E-state index contributed by atoms with van der Waals surface area (Å²) < 4.78 is 41.6. The summed E-state index contributed by atoms with van der Waals surface area (Å²) in [7, 11) is 1.50. The van der Waals surface area contributed by atoms with Crippen molar-refractivity contribution in [1.82, 2.24) is 14.9 Å². The molecule has 4 rings (SSSR count). The maximum Gasteiger partial charge on any atom is 0.416 e. The number of imidazole rings is 1. The summed E-state index contributed by atoms with van der Waals surface area (Å²) in [6.07, 6.45) is -0.322. The van der Waals surface area contributed by atoms with E-state index in [1.165, 1.54) is 36.8 Å². The number of nitrogens with two attached hydrogens (primary N) is 1. The van der Waals surface area contributed by atoms with Gasteiger partial charge in [0.15, 0.2) is 0 Å². The van der Waals surface area contributed by atoms with Crippen LogP contribution < -0.4 is 11.1 Å². The molecule has 0 unspecified atom stereocenters. The molecule has 0 radical (unpaired) electrons. The molecule has 33 heavy (non-hydrogen) atoms. The second kappa shape index (κ2) is 10.4. The lowest BCUT2D eigenvalue weighted by Crippen LogP contribution is -2.25. The quantitative estimate of drug-likeness (QED) is 0.410. The molecule has 0 aliphatic rings. The molecule has 6 nitrogen and oxygen atoms in total. The van der Waals surface area contributed by atoms with Crippen LogP contribution in [0.3, 0.4) is 0 Å². The average molecular weight is 475 g/mol. The number of carbonyl (C=O) groups excluding carboxylic acids is 2. The van der Waals surface area contributed by atoms with Gasteiger partial charge in [0, 0.05) is 17.5 Å². The van der Waals surface area contributed by atoms with Gasteiger partial charge in [0.25, 0.3) is 5.91 Å². The first kappa shape index (κ1) is 24.1. The molecule has 4 aromatic rings. The molecule has 0 bridgehead atoms. The van der Waals surface area contributed by atoms with E-state index in [0.29, 0.717) is 18.3 Å². The lowest BCUT2D eigenvalue weighted by Gasteiger charge is -2.08. The molecule has 2 aromatic carbocycles. The van der Waals surface area contributed by atoms with Gasteiger partial charge in [-0.2, -0.15) is 13.2 Å². The number of amides is 1. The van der Waals surface area contributed by atoms with Gasteiger partial charge in [-0.1, -0.05) is 30.3 Å². The van der Waals surface area contributed by atoms with Crippen molar-refractivity contribution in [3.05, 3.63) is 82.8 Å². The Balaban J connectivity index is 0.00000149. The molecule has 10 heteroatoms. The van der Waals surface area contributed by atoms with Crippen LogP contribution in [-0.2, 0) is 17.4 Å². The summed E-state index contributed by atoms with van der Waals surface area (Å²) in [5.41, 5.74) is 5.41. The number of aromatic nitrogens is 2. The highest BCUT2D eigenvalue weighted by Gasteiger charge is 2.30. The molecule has 0 spiro atoms. The van der Waals surface area contributed by atoms with Gasteiger partial charge in [0.05, 0.1) is 22.5 Å². The standard InChI is InChI=1S/C22H16F3N3O2S.CH5N/c23-22(24,25)16-5-1-3-14(9-16)10-17-11-15-4-2-6-19(20(15)31-17)28-12-18(27-13-28)21(30)26-7-8-29;1-2/h1-6,8-9,11-13H,7,10H2,(H,26,30);2H2,1H3. The van der Waals surface area contributed by atoms with E-state index in [1.807, 2.05) is 24.3 Å². The van der Waals surface area contributed by atoms with E-state index in [-0.39, 0.29) is 12.2 Å². The summed E-state index contributed by atoms with van der Waals surface area (Å²) in [4.78, 5) is 27.4. The summed E-state index contributed by atoms with van der Waals surface area (Å²) >= 11 is 1.48. The molecule has 3 N–H and O–H groups in total. The number of fused-ring (bicyclic) bond motifs is 1. The van der Waals surface area contributed by atoms with Gasteiger partial charge in [-0.15, -0.1) is 11.3 Å². The van der Waals surface area contributed by atoms with E-state index in [1.54, 1.807) is 16.8 Å². The number of alkyl halides is 3. The zero-order chi connectivity index (χ0) is 24.0. The van der Waals surface area contributed by atoms with Crippen LogP contribution in [-0.4, -0.2) is 35.3 Å². The molecule has 1 amide bonds. The monoisotopic (exact) mass is 474 g/mol. The number of carbonyl (C=O) groups is 2. The molecule has 2 aromatic heterocycles. The van der Waals surface area contributed by atoms with Crippen LogP contribution in [0, 0.1) is 0 Å². The smallest absolute Gasteiger partial charge is 0.344 e. The van der Waals surface area contributed by atoms with E-state index in [0.717, 1.165) is 26.7 Å². The molecule has 0 aliphatic heterocycles. The second-order valence-electron chi connectivity index (χ2n) is 6.83. The minimum absolute atomic E-state index is 0.0922. The number of nitrogens with one attached hydrogen (secondary N) is 1. The molecule has 0 saturated heterocycles. The van der Waals surface area contributed by atoms with Crippen LogP contribution in [0.4, 0.5) is 13.2 Å². The van der Waals surface area contributed by atoms with E-state index >= 15 is 0 Å². The first-order chi connectivity index (χ1) is 15.8. The zero-order valence-electron chi connectivity index (χ0n) is 17.6. The summed E-state index contributed by atoms with van der Waals surface area (Å²) in [6, 6.07) is 13.0. The highest BCUT2D eigenvalue weighted by Crippen LogP contribution is 2.34. The number of rotatable bonds is 6. The fourth-order valence-electron chi connectivity index (χ4n) is 3.25. The predicted octanol–water partition coefficient (Wildman–Crippen LogP) is 4.20. The van der Waals surface area contributed by atoms with Crippen LogP contribution in [0.15, 0.2) is 61.1 Å². The van der Waals surface area contributed by atoms with Crippen LogP contribution in [0.1, 0.15) is 26.5 Å². The normalized spacial score (nSPS) is 11.1. The van der Waals surface area contributed by atoms with E-state index in [9.17, 15) is 22.8 Å². The maximum atomic E-state index is 13.0.